The van der Waals surface area contributed by atoms with Gasteiger partial charge in [0.2, 0.25) is 5.91 Å². The maximum absolute atomic E-state index is 12.7. The van der Waals surface area contributed by atoms with Crippen molar-refractivity contribution in [2.45, 2.75) is 32.7 Å². The molecule has 3 rings (SSSR count). The number of anilines is 1. The molecule has 1 atom stereocenters. The Hall–Kier alpha value is -1.71. The summed E-state index contributed by atoms with van der Waals surface area (Å²) in [5, 5.41) is 0. The summed E-state index contributed by atoms with van der Waals surface area (Å²) in [4.78, 5) is 20.3. The van der Waals surface area contributed by atoms with E-state index < -0.39 is 10.2 Å². The Morgan fingerprint density at radius 3 is 2.41 bits per heavy atom. The zero-order chi connectivity index (χ0) is 19.8. The third-order valence-corrected chi connectivity index (χ3v) is 7.30. The summed E-state index contributed by atoms with van der Waals surface area (Å²) in [5.41, 5.74) is 2.74. The van der Waals surface area contributed by atoms with E-state index in [0.717, 1.165) is 43.0 Å². The van der Waals surface area contributed by atoms with Gasteiger partial charge in [0.15, 0.2) is 0 Å². The Kier molecular flexibility index (Phi) is 5.73. The maximum atomic E-state index is 12.7. The second-order valence-corrected chi connectivity index (χ2v) is 9.54. The molecule has 0 saturated carbocycles. The molecule has 2 aliphatic heterocycles. The molecule has 8 nitrogen and oxygen atoms in total. The fraction of sp³-hybridized carbons (Fsp3) is 0.667. The highest BCUT2D eigenvalue weighted by Gasteiger charge is 2.37. The first kappa shape index (κ1) is 20.0. The highest BCUT2D eigenvalue weighted by atomic mass is 32.2. The molecule has 0 radical (unpaired) electrons. The minimum Gasteiger partial charge on any atom is -0.368 e. The van der Waals surface area contributed by atoms with Gasteiger partial charge in [-0.2, -0.15) is 17.0 Å². The molecular formula is C18H29N5O3S. The second kappa shape index (κ2) is 7.73. The van der Waals surface area contributed by atoms with Crippen molar-refractivity contribution >= 4 is 21.8 Å². The minimum atomic E-state index is -3.47. The zero-order valence-corrected chi connectivity index (χ0v) is 17.4. The topological polar surface area (TPSA) is 77.1 Å². The van der Waals surface area contributed by atoms with E-state index in [1.54, 1.807) is 25.3 Å². The molecule has 0 bridgehead atoms. The van der Waals surface area contributed by atoms with Crippen LogP contribution in [0.4, 0.5) is 5.69 Å². The largest absolute Gasteiger partial charge is 0.368 e. The van der Waals surface area contributed by atoms with Crippen LogP contribution in [0.2, 0.25) is 0 Å². The van der Waals surface area contributed by atoms with Gasteiger partial charge in [-0.05, 0) is 31.9 Å². The fourth-order valence-electron chi connectivity index (χ4n) is 3.83. The molecule has 0 aromatic carbocycles. The zero-order valence-electron chi connectivity index (χ0n) is 16.6. The molecule has 1 unspecified atom stereocenters. The summed E-state index contributed by atoms with van der Waals surface area (Å²) >= 11 is 0. The van der Waals surface area contributed by atoms with Crippen LogP contribution in [-0.2, 0) is 15.0 Å². The summed E-state index contributed by atoms with van der Waals surface area (Å²) in [5.74, 6) is 0.108. The highest BCUT2D eigenvalue weighted by Crippen LogP contribution is 2.35. The summed E-state index contributed by atoms with van der Waals surface area (Å²) in [7, 11) is -0.345. The lowest BCUT2D eigenvalue weighted by molar-refractivity contribution is -0.129. The standard InChI is InChI=1S/C18H29N5O3S/c1-14-12-16(22-10-8-21(9-11-22)15(2)24)13-17(19-14)18-6-5-7-23(18)27(25,26)20(3)4/h12-13,18H,5-11H2,1-4H3. The van der Waals surface area contributed by atoms with Gasteiger partial charge in [-0.25, -0.2) is 0 Å². The average molecular weight is 396 g/mol. The second-order valence-electron chi connectivity index (χ2n) is 7.44. The summed E-state index contributed by atoms with van der Waals surface area (Å²) in [6, 6.07) is 3.83. The van der Waals surface area contributed by atoms with E-state index in [9.17, 15) is 13.2 Å². The molecule has 1 aromatic heterocycles. The van der Waals surface area contributed by atoms with Gasteiger partial charge >= 0.3 is 0 Å². The van der Waals surface area contributed by atoms with Crippen LogP contribution in [-0.4, -0.2) is 79.6 Å². The molecule has 1 aromatic rings. The Bertz CT molecular complexity index is 803. The SMILES string of the molecule is CC(=O)N1CCN(c2cc(C)nc(C3CCCN3S(=O)(=O)N(C)C)c2)CC1. The number of nitrogens with zero attached hydrogens (tertiary/aromatic N) is 5. The highest BCUT2D eigenvalue weighted by molar-refractivity contribution is 7.86. The molecule has 0 aliphatic carbocycles. The molecule has 1 amide bonds. The number of carbonyl (C=O) groups excluding carboxylic acids is 1. The Balaban J connectivity index is 1.85. The quantitative estimate of drug-likeness (QED) is 0.760. The van der Waals surface area contributed by atoms with Crippen LogP contribution in [0.15, 0.2) is 12.1 Å². The summed E-state index contributed by atoms with van der Waals surface area (Å²) in [6.07, 6.45) is 1.61. The Morgan fingerprint density at radius 2 is 1.81 bits per heavy atom. The molecule has 0 N–H and O–H groups in total. The lowest BCUT2D eigenvalue weighted by Gasteiger charge is -2.36. The number of piperazine rings is 1. The molecule has 27 heavy (non-hydrogen) atoms. The molecule has 2 aliphatic rings. The number of pyridine rings is 1. The van der Waals surface area contributed by atoms with E-state index in [2.05, 4.69) is 9.88 Å². The monoisotopic (exact) mass is 395 g/mol. The van der Waals surface area contributed by atoms with E-state index in [0.29, 0.717) is 19.6 Å². The van der Waals surface area contributed by atoms with Crippen LogP contribution in [0.3, 0.4) is 0 Å². The van der Waals surface area contributed by atoms with Crippen LogP contribution in [0.25, 0.3) is 0 Å². The first-order valence-corrected chi connectivity index (χ1v) is 10.8. The van der Waals surface area contributed by atoms with E-state index in [-0.39, 0.29) is 11.9 Å². The first-order valence-electron chi connectivity index (χ1n) is 9.38. The molecular weight excluding hydrogens is 366 g/mol. The van der Waals surface area contributed by atoms with E-state index in [1.165, 1.54) is 4.31 Å². The van der Waals surface area contributed by atoms with Crippen molar-refractivity contribution in [2.24, 2.45) is 0 Å². The van der Waals surface area contributed by atoms with Gasteiger partial charge in [0.25, 0.3) is 10.2 Å². The normalized spacial score (nSPS) is 21.9. The smallest absolute Gasteiger partial charge is 0.282 e. The summed E-state index contributed by atoms with van der Waals surface area (Å²) < 4.78 is 28.2. The molecule has 150 valence electrons. The third kappa shape index (κ3) is 4.09. The third-order valence-electron chi connectivity index (χ3n) is 5.35. The lowest BCUT2D eigenvalue weighted by Crippen LogP contribution is -2.48. The van der Waals surface area contributed by atoms with Gasteiger partial charge in [-0.3, -0.25) is 9.78 Å². The molecule has 0 spiro atoms. The number of aromatic nitrogens is 1. The Labute approximate surface area is 161 Å². The van der Waals surface area contributed by atoms with Crippen LogP contribution in [0.1, 0.15) is 37.2 Å². The average Bonchev–Trinajstić information content (AvgIpc) is 3.11. The molecule has 2 saturated heterocycles. The molecule has 2 fully saturated rings. The maximum Gasteiger partial charge on any atom is 0.282 e. The van der Waals surface area contributed by atoms with Gasteiger partial charge in [0.05, 0.1) is 11.7 Å². The first-order chi connectivity index (χ1) is 12.7. The number of hydrogen-bond acceptors (Lipinski definition) is 5. The van der Waals surface area contributed by atoms with Crippen LogP contribution < -0.4 is 4.90 Å². The van der Waals surface area contributed by atoms with Crippen molar-refractivity contribution in [1.29, 1.82) is 0 Å². The minimum absolute atomic E-state index is 0.108. The number of amides is 1. The number of hydrogen-bond donors (Lipinski definition) is 0. The van der Waals surface area contributed by atoms with Crippen molar-refractivity contribution in [3.05, 3.63) is 23.5 Å². The van der Waals surface area contributed by atoms with Crippen molar-refractivity contribution in [2.75, 3.05) is 51.7 Å². The Morgan fingerprint density at radius 1 is 1.15 bits per heavy atom. The number of carbonyl (C=O) groups is 1. The van der Waals surface area contributed by atoms with Crippen molar-refractivity contribution in [3.63, 3.8) is 0 Å². The molecule has 9 heteroatoms. The van der Waals surface area contributed by atoms with Gasteiger partial charge in [0, 0.05) is 65.1 Å². The summed E-state index contributed by atoms with van der Waals surface area (Å²) in [6.45, 7) is 7.02. The predicted octanol–water partition coefficient (Wildman–Crippen LogP) is 1.00. The van der Waals surface area contributed by atoms with Crippen LogP contribution in [0.5, 0.6) is 0 Å². The van der Waals surface area contributed by atoms with Crippen molar-refractivity contribution < 1.29 is 13.2 Å². The lowest BCUT2D eigenvalue weighted by atomic mass is 10.1. The number of aryl methyl sites for hydroxylation is 1. The van der Waals surface area contributed by atoms with Gasteiger partial charge < -0.3 is 9.80 Å². The van der Waals surface area contributed by atoms with Crippen LogP contribution in [0, 0.1) is 6.92 Å². The van der Waals surface area contributed by atoms with E-state index in [4.69, 9.17) is 0 Å². The van der Waals surface area contributed by atoms with Gasteiger partial charge in [0.1, 0.15) is 0 Å². The van der Waals surface area contributed by atoms with Crippen molar-refractivity contribution in [1.82, 2.24) is 18.5 Å². The van der Waals surface area contributed by atoms with Crippen LogP contribution >= 0.6 is 0 Å². The van der Waals surface area contributed by atoms with Gasteiger partial charge in [-0.15, -0.1) is 0 Å². The van der Waals surface area contributed by atoms with Crippen molar-refractivity contribution in [3.8, 4) is 0 Å². The fourth-order valence-corrected chi connectivity index (χ4v) is 5.14. The van der Waals surface area contributed by atoms with E-state index >= 15 is 0 Å². The van der Waals surface area contributed by atoms with Gasteiger partial charge in [-0.1, -0.05) is 0 Å². The molecule has 3 heterocycles. The van der Waals surface area contributed by atoms with E-state index in [1.807, 2.05) is 24.0 Å². The predicted molar refractivity (Wildman–Crippen MR) is 105 cm³/mol. The number of rotatable bonds is 4.